The number of thiazole rings is 1. The number of rotatable bonds is 7. The molecule has 4 rings (SSSR count). The topological polar surface area (TPSA) is 99.8 Å². The van der Waals surface area contributed by atoms with Crippen molar-refractivity contribution >= 4 is 46.3 Å². The zero-order valence-corrected chi connectivity index (χ0v) is 19.2. The lowest BCUT2D eigenvalue weighted by atomic mass is 10.2. The summed E-state index contributed by atoms with van der Waals surface area (Å²) in [5, 5.41) is 11.7. The van der Waals surface area contributed by atoms with Crippen molar-refractivity contribution in [1.82, 2.24) is 24.9 Å². The summed E-state index contributed by atoms with van der Waals surface area (Å²) in [6.45, 7) is 3.07. The van der Waals surface area contributed by atoms with E-state index in [2.05, 4.69) is 42.5 Å². The van der Waals surface area contributed by atoms with Gasteiger partial charge in [-0.3, -0.25) is 9.79 Å². The van der Waals surface area contributed by atoms with E-state index in [1.54, 1.807) is 29.9 Å². The standard InChI is InChI=1S/C21H24F2N8OS/c1-12-5-4-7-30(12)21-28-16-9-13(6-8-31(16)29-21)26-19(32)17(25-3)14(10-24-2)20-27-15(11-33-20)18(22)23/h6,8-12,18,25H,4-5,7H2,1-3H3,(H,26,32)/b17-14+,24-10-/t12-/m0/s1. The second-order valence-electron chi connectivity index (χ2n) is 7.57. The fourth-order valence-electron chi connectivity index (χ4n) is 3.73. The highest BCUT2D eigenvalue weighted by atomic mass is 32.1. The summed E-state index contributed by atoms with van der Waals surface area (Å²) in [6, 6.07) is 3.84. The summed E-state index contributed by atoms with van der Waals surface area (Å²) in [4.78, 5) is 27.7. The molecule has 3 aromatic rings. The Morgan fingerprint density at radius 2 is 2.21 bits per heavy atom. The quantitative estimate of drug-likeness (QED) is 0.402. The van der Waals surface area contributed by atoms with Crippen molar-refractivity contribution < 1.29 is 13.6 Å². The average molecular weight is 475 g/mol. The molecule has 0 radical (unpaired) electrons. The van der Waals surface area contributed by atoms with Crippen molar-refractivity contribution in [3.05, 3.63) is 40.1 Å². The van der Waals surface area contributed by atoms with Gasteiger partial charge in [0.2, 0.25) is 5.95 Å². The molecule has 0 bridgehead atoms. The number of hydrogen-bond acceptors (Lipinski definition) is 8. The molecule has 0 spiro atoms. The van der Waals surface area contributed by atoms with E-state index in [1.807, 2.05) is 0 Å². The highest BCUT2D eigenvalue weighted by Gasteiger charge is 2.24. The number of nitrogens with zero attached hydrogens (tertiary/aromatic N) is 6. The molecule has 3 aromatic heterocycles. The second kappa shape index (κ2) is 9.61. The van der Waals surface area contributed by atoms with Crippen LogP contribution in [-0.4, -0.2) is 58.4 Å². The molecule has 0 aromatic carbocycles. The molecule has 1 saturated heterocycles. The number of fused-ring (bicyclic) bond motifs is 1. The Labute approximate surface area is 193 Å². The van der Waals surface area contributed by atoms with Gasteiger partial charge in [0.25, 0.3) is 12.3 Å². The molecule has 0 saturated carbocycles. The van der Waals surface area contributed by atoms with Crippen LogP contribution in [0, 0.1) is 0 Å². The first-order valence-electron chi connectivity index (χ1n) is 10.4. The Kier molecular flexibility index (Phi) is 6.63. The minimum Gasteiger partial charge on any atom is -0.383 e. The second-order valence-corrected chi connectivity index (χ2v) is 8.43. The third-order valence-electron chi connectivity index (χ3n) is 5.37. The lowest BCUT2D eigenvalue weighted by Crippen LogP contribution is -2.27. The zero-order chi connectivity index (χ0) is 23.5. The lowest BCUT2D eigenvalue weighted by Gasteiger charge is -2.18. The van der Waals surface area contributed by atoms with E-state index in [9.17, 15) is 13.6 Å². The zero-order valence-electron chi connectivity index (χ0n) is 18.4. The normalized spacial score (nSPS) is 17.3. The fraction of sp³-hybridized carbons (Fsp3) is 0.381. The van der Waals surface area contributed by atoms with E-state index in [4.69, 9.17) is 0 Å². The Balaban J connectivity index is 1.61. The summed E-state index contributed by atoms with van der Waals surface area (Å²) in [6.07, 6.45) is 2.68. The first-order chi connectivity index (χ1) is 15.9. The van der Waals surface area contributed by atoms with Gasteiger partial charge in [0, 0.05) is 56.2 Å². The minimum atomic E-state index is -2.69. The van der Waals surface area contributed by atoms with Crippen molar-refractivity contribution in [2.24, 2.45) is 4.99 Å². The molecule has 9 nitrogen and oxygen atoms in total. The molecule has 12 heteroatoms. The monoisotopic (exact) mass is 474 g/mol. The van der Waals surface area contributed by atoms with Crippen LogP contribution in [0.4, 0.5) is 20.4 Å². The highest BCUT2D eigenvalue weighted by molar-refractivity contribution is 7.11. The fourth-order valence-corrected chi connectivity index (χ4v) is 4.56. The molecule has 2 N–H and O–H groups in total. The van der Waals surface area contributed by atoms with Gasteiger partial charge in [-0.15, -0.1) is 16.4 Å². The van der Waals surface area contributed by atoms with Crippen LogP contribution in [0.15, 0.2) is 34.4 Å². The van der Waals surface area contributed by atoms with Crippen molar-refractivity contribution in [2.45, 2.75) is 32.2 Å². The predicted molar refractivity (Wildman–Crippen MR) is 125 cm³/mol. The van der Waals surface area contributed by atoms with Crippen LogP contribution in [-0.2, 0) is 4.79 Å². The van der Waals surface area contributed by atoms with Gasteiger partial charge in [0.05, 0.1) is 5.57 Å². The highest BCUT2D eigenvalue weighted by Crippen LogP contribution is 2.27. The summed E-state index contributed by atoms with van der Waals surface area (Å²) >= 11 is 1.02. The van der Waals surface area contributed by atoms with Gasteiger partial charge < -0.3 is 15.5 Å². The number of pyridine rings is 1. The molecule has 1 amide bonds. The van der Waals surface area contributed by atoms with Crippen LogP contribution in [0.1, 0.15) is 36.9 Å². The van der Waals surface area contributed by atoms with Crippen LogP contribution in [0.25, 0.3) is 11.2 Å². The van der Waals surface area contributed by atoms with Crippen molar-refractivity contribution in [2.75, 3.05) is 30.9 Å². The van der Waals surface area contributed by atoms with Crippen molar-refractivity contribution in [3.63, 3.8) is 0 Å². The number of anilines is 2. The minimum absolute atomic E-state index is 0.156. The summed E-state index contributed by atoms with van der Waals surface area (Å²) in [5.41, 5.74) is 1.27. The van der Waals surface area contributed by atoms with Crippen LogP contribution in [0.5, 0.6) is 0 Å². The number of aliphatic imine (C=N–C) groups is 1. The van der Waals surface area contributed by atoms with Gasteiger partial charge in [-0.05, 0) is 25.8 Å². The molecule has 33 heavy (non-hydrogen) atoms. The van der Waals surface area contributed by atoms with Gasteiger partial charge in [0.1, 0.15) is 16.4 Å². The average Bonchev–Trinajstić information content (AvgIpc) is 3.52. The number of aromatic nitrogens is 4. The molecule has 1 aliphatic rings. The van der Waals surface area contributed by atoms with Crippen molar-refractivity contribution in [1.29, 1.82) is 0 Å². The van der Waals surface area contributed by atoms with Gasteiger partial charge in [-0.25, -0.2) is 18.3 Å². The number of alkyl halides is 2. The Hall–Kier alpha value is -3.41. The molecule has 1 fully saturated rings. The Morgan fingerprint density at radius 3 is 2.85 bits per heavy atom. The number of amides is 1. The van der Waals surface area contributed by atoms with E-state index in [0.717, 1.165) is 30.7 Å². The van der Waals surface area contributed by atoms with Crippen LogP contribution in [0.2, 0.25) is 0 Å². The molecule has 1 atom stereocenters. The Morgan fingerprint density at radius 1 is 1.39 bits per heavy atom. The van der Waals surface area contributed by atoms with E-state index >= 15 is 0 Å². The number of allylic oxidation sites excluding steroid dienone is 1. The van der Waals surface area contributed by atoms with Crippen LogP contribution >= 0.6 is 11.3 Å². The first kappa shape index (κ1) is 22.8. The largest absolute Gasteiger partial charge is 0.383 e. The molecular formula is C21H24F2N8OS. The van der Waals surface area contributed by atoms with E-state index < -0.39 is 12.3 Å². The molecule has 4 heterocycles. The number of carbonyl (C=O) groups is 1. The number of carbonyl (C=O) groups excluding carboxylic acids is 1. The third kappa shape index (κ3) is 4.70. The van der Waals surface area contributed by atoms with E-state index in [1.165, 1.54) is 18.6 Å². The number of nitrogens with one attached hydrogen (secondary N) is 2. The van der Waals surface area contributed by atoms with Gasteiger partial charge in [-0.2, -0.15) is 4.98 Å². The molecule has 0 aliphatic carbocycles. The number of likely N-dealkylation sites (N-methyl/N-ethyl adjacent to an activating group) is 1. The Bertz CT molecular complexity index is 1220. The van der Waals surface area contributed by atoms with Crippen LogP contribution in [0.3, 0.4) is 0 Å². The third-order valence-corrected chi connectivity index (χ3v) is 6.27. The molecule has 1 aliphatic heterocycles. The summed E-state index contributed by atoms with van der Waals surface area (Å²) in [5.74, 6) is 0.206. The van der Waals surface area contributed by atoms with Gasteiger partial charge in [-0.1, -0.05) is 0 Å². The van der Waals surface area contributed by atoms with Crippen molar-refractivity contribution in [3.8, 4) is 0 Å². The van der Waals surface area contributed by atoms with E-state index in [-0.39, 0.29) is 16.4 Å². The predicted octanol–water partition coefficient (Wildman–Crippen LogP) is 3.38. The van der Waals surface area contributed by atoms with Crippen LogP contribution < -0.4 is 15.5 Å². The first-order valence-corrected chi connectivity index (χ1v) is 11.3. The SMILES string of the molecule is C/N=C\C(=C(/NC)C(=O)Nc1ccn2nc(N3CCC[C@@H]3C)nc2c1)c1nc(C(F)F)cs1. The van der Waals surface area contributed by atoms with E-state index in [0.29, 0.717) is 28.9 Å². The summed E-state index contributed by atoms with van der Waals surface area (Å²) in [7, 11) is 3.11. The number of halogens is 2. The smallest absolute Gasteiger partial charge is 0.281 e. The lowest BCUT2D eigenvalue weighted by molar-refractivity contribution is -0.113. The molecule has 174 valence electrons. The molecule has 0 unspecified atom stereocenters. The van der Waals surface area contributed by atoms with Gasteiger partial charge >= 0.3 is 0 Å². The summed E-state index contributed by atoms with van der Waals surface area (Å²) < 4.78 is 27.7. The molecular weight excluding hydrogens is 450 g/mol. The number of hydrogen-bond donors (Lipinski definition) is 2. The maximum absolute atomic E-state index is 13.1. The maximum atomic E-state index is 13.1. The maximum Gasteiger partial charge on any atom is 0.281 e. The van der Waals surface area contributed by atoms with Gasteiger partial charge in [0.15, 0.2) is 5.65 Å².